The van der Waals surface area contributed by atoms with Gasteiger partial charge in [0, 0.05) is 12.2 Å². The standard InChI is InChI=1S/C16H29N3/c1-4-16(5-2)19-10-9-15(18-19)11-13(3)12-17-14-7-6-8-14/h9-10,13-14,16-17H,4-8,11-12H2,1-3H3. The molecule has 1 atom stereocenters. The Hall–Kier alpha value is -0.830. The molecule has 1 aromatic rings. The minimum absolute atomic E-state index is 0.567. The second kappa shape index (κ2) is 7.09. The number of nitrogens with one attached hydrogen (secondary N) is 1. The van der Waals surface area contributed by atoms with Crippen LogP contribution in [0.15, 0.2) is 12.3 Å². The molecule has 1 unspecified atom stereocenters. The first-order valence-electron chi connectivity index (χ1n) is 8.00. The summed E-state index contributed by atoms with van der Waals surface area (Å²) in [6.45, 7) is 7.92. The lowest BCUT2D eigenvalue weighted by Gasteiger charge is -2.27. The molecule has 3 nitrogen and oxygen atoms in total. The molecule has 1 heterocycles. The molecule has 0 aliphatic heterocycles. The average Bonchev–Trinajstić information content (AvgIpc) is 2.77. The monoisotopic (exact) mass is 263 g/mol. The third-order valence-corrected chi connectivity index (χ3v) is 4.40. The van der Waals surface area contributed by atoms with Crippen LogP contribution in [0.25, 0.3) is 0 Å². The third kappa shape index (κ3) is 4.07. The van der Waals surface area contributed by atoms with E-state index in [4.69, 9.17) is 5.10 Å². The van der Waals surface area contributed by atoms with Crippen molar-refractivity contribution in [1.82, 2.24) is 15.1 Å². The molecule has 1 aliphatic rings. The van der Waals surface area contributed by atoms with Gasteiger partial charge in [0.2, 0.25) is 0 Å². The van der Waals surface area contributed by atoms with Gasteiger partial charge in [-0.2, -0.15) is 5.10 Å². The summed E-state index contributed by atoms with van der Waals surface area (Å²) < 4.78 is 2.15. The van der Waals surface area contributed by atoms with Crippen molar-refractivity contribution in [2.45, 2.75) is 71.4 Å². The van der Waals surface area contributed by atoms with E-state index >= 15 is 0 Å². The minimum Gasteiger partial charge on any atom is -0.314 e. The van der Waals surface area contributed by atoms with Crippen molar-refractivity contribution >= 4 is 0 Å². The predicted octanol–water partition coefficient (Wildman–Crippen LogP) is 3.56. The first kappa shape index (κ1) is 14.6. The first-order chi connectivity index (χ1) is 9.22. The van der Waals surface area contributed by atoms with Crippen molar-refractivity contribution in [1.29, 1.82) is 0 Å². The minimum atomic E-state index is 0.567. The molecule has 2 rings (SSSR count). The summed E-state index contributed by atoms with van der Waals surface area (Å²) in [6, 6.07) is 3.56. The van der Waals surface area contributed by atoms with Gasteiger partial charge in [0.05, 0.1) is 11.7 Å². The van der Waals surface area contributed by atoms with Crippen molar-refractivity contribution in [3.05, 3.63) is 18.0 Å². The van der Waals surface area contributed by atoms with E-state index in [1.54, 1.807) is 0 Å². The van der Waals surface area contributed by atoms with E-state index in [2.05, 4.69) is 43.0 Å². The molecule has 1 saturated carbocycles. The third-order valence-electron chi connectivity index (χ3n) is 4.40. The zero-order valence-electron chi connectivity index (χ0n) is 12.7. The lowest BCUT2D eigenvalue weighted by atomic mass is 9.92. The predicted molar refractivity (Wildman–Crippen MR) is 80.4 cm³/mol. The van der Waals surface area contributed by atoms with Crippen LogP contribution >= 0.6 is 0 Å². The van der Waals surface area contributed by atoms with Crippen LogP contribution in [0.4, 0.5) is 0 Å². The number of hydrogen-bond acceptors (Lipinski definition) is 2. The first-order valence-corrected chi connectivity index (χ1v) is 8.00. The Morgan fingerprint density at radius 3 is 2.68 bits per heavy atom. The summed E-state index contributed by atoms with van der Waals surface area (Å²) in [4.78, 5) is 0. The van der Waals surface area contributed by atoms with Gasteiger partial charge >= 0.3 is 0 Å². The van der Waals surface area contributed by atoms with Gasteiger partial charge in [-0.15, -0.1) is 0 Å². The molecule has 108 valence electrons. The number of hydrogen-bond donors (Lipinski definition) is 1. The van der Waals surface area contributed by atoms with E-state index in [1.165, 1.54) is 25.0 Å². The summed E-state index contributed by atoms with van der Waals surface area (Å²) in [5.41, 5.74) is 1.25. The fourth-order valence-corrected chi connectivity index (χ4v) is 2.76. The van der Waals surface area contributed by atoms with Gasteiger partial charge in [-0.1, -0.05) is 27.2 Å². The van der Waals surface area contributed by atoms with Crippen molar-refractivity contribution in [2.75, 3.05) is 6.54 Å². The fraction of sp³-hybridized carbons (Fsp3) is 0.812. The molecule has 0 amide bonds. The zero-order chi connectivity index (χ0) is 13.7. The molecular formula is C16H29N3. The maximum atomic E-state index is 4.74. The van der Waals surface area contributed by atoms with E-state index < -0.39 is 0 Å². The van der Waals surface area contributed by atoms with Crippen LogP contribution in [0.1, 0.15) is 64.6 Å². The highest BCUT2D eigenvalue weighted by Crippen LogP contribution is 2.19. The van der Waals surface area contributed by atoms with Crippen molar-refractivity contribution in [2.24, 2.45) is 5.92 Å². The molecule has 0 bridgehead atoms. The van der Waals surface area contributed by atoms with E-state index in [9.17, 15) is 0 Å². The highest BCUT2D eigenvalue weighted by molar-refractivity contribution is 5.01. The zero-order valence-corrected chi connectivity index (χ0v) is 12.7. The molecule has 19 heavy (non-hydrogen) atoms. The van der Waals surface area contributed by atoms with Gasteiger partial charge < -0.3 is 5.32 Å². The van der Waals surface area contributed by atoms with Crippen molar-refractivity contribution < 1.29 is 0 Å². The summed E-state index contributed by atoms with van der Waals surface area (Å²) in [5, 5.41) is 8.40. The fourth-order valence-electron chi connectivity index (χ4n) is 2.76. The molecule has 1 N–H and O–H groups in total. The Kier molecular flexibility index (Phi) is 5.44. The van der Waals surface area contributed by atoms with Gasteiger partial charge in [0.1, 0.15) is 0 Å². The molecule has 0 spiro atoms. The Labute approximate surface area is 117 Å². The maximum Gasteiger partial charge on any atom is 0.0627 e. The Morgan fingerprint density at radius 1 is 1.37 bits per heavy atom. The Balaban J connectivity index is 1.77. The van der Waals surface area contributed by atoms with Crippen LogP contribution in [0, 0.1) is 5.92 Å². The van der Waals surface area contributed by atoms with Crippen molar-refractivity contribution in [3.63, 3.8) is 0 Å². The molecule has 1 aromatic heterocycles. The Morgan fingerprint density at radius 2 is 2.11 bits per heavy atom. The molecular weight excluding hydrogens is 234 g/mol. The maximum absolute atomic E-state index is 4.74. The lowest BCUT2D eigenvalue weighted by molar-refractivity contribution is 0.319. The van der Waals surface area contributed by atoms with Gasteiger partial charge in [-0.25, -0.2) is 0 Å². The second-order valence-electron chi connectivity index (χ2n) is 6.10. The van der Waals surface area contributed by atoms with E-state index in [-0.39, 0.29) is 0 Å². The molecule has 3 heteroatoms. The van der Waals surface area contributed by atoms with Gasteiger partial charge in [-0.05, 0) is 50.6 Å². The Bertz CT molecular complexity index is 364. The number of nitrogens with zero attached hydrogens (tertiary/aromatic N) is 2. The van der Waals surface area contributed by atoms with E-state index in [1.807, 2.05) is 0 Å². The summed E-state index contributed by atoms with van der Waals surface area (Å²) in [7, 11) is 0. The summed E-state index contributed by atoms with van der Waals surface area (Å²) in [5.74, 6) is 0.672. The molecule has 0 saturated heterocycles. The van der Waals surface area contributed by atoms with Crippen LogP contribution in [0.5, 0.6) is 0 Å². The molecule has 1 fully saturated rings. The quantitative estimate of drug-likeness (QED) is 0.777. The van der Waals surface area contributed by atoms with E-state index in [0.717, 1.165) is 31.8 Å². The van der Waals surface area contributed by atoms with E-state index in [0.29, 0.717) is 12.0 Å². The van der Waals surface area contributed by atoms with Crippen LogP contribution in [0.2, 0.25) is 0 Å². The summed E-state index contributed by atoms with van der Waals surface area (Å²) >= 11 is 0. The van der Waals surface area contributed by atoms with Gasteiger partial charge in [0.25, 0.3) is 0 Å². The van der Waals surface area contributed by atoms with Crippen LogP contribution in [-0.4, -0.2) is 22.4 Å². The number of aromatic nitrogens is 2. The number of rotatable bonds is 8. The molecule has 0 aromatic carbocycles. The topological polar surface area (TPSA) is 29.9 Å². The van der Waals surface area contributed by atoms with Gasteiger partial charge in [-0.3, -0.25) is 4.68 Å². The van der Waals surface area contributed by atoms with Crippen LogP contribution in [0.3, 0.4) is 0 Å². The highest BCUT2D eigenvalue weighted by atomic mass is 15.3. The highest BCUT2D eigenvalue weighted by Gasteiger charge is 2.17. The van der Waals surface area contributed by atoms with Gasteiger partial charge in [0.15, 0.2) is 0 Å². The molecule has 1 aliphatic carbocycles. The smallest absolute Gasteiger partial charge is 0.0627 e. The lowest BCUT2D eigenvalue weighted by Crippen LogP contribution is -2.38. The SMILES string of the molecule is CCC(CC)n1ccc(CC(C)CNC2CCC2)n1. The molecule has 0 radical (unpaired) electrons. The van der Waals surface area contributed by atoms with Crippen molar-refractivity contribution in [3.8, 4) is 0 Å². The normalized spacial score (nSPS) is 17.7. The largest absolute Gasteiger partial charge is 0.314 e. The van der Waals surface area contributed by atoms with Crippen LogP contribution < -0.4 is 5.32 Å². The second-order valence-corrected chi connectivity index (χ2v) is 6.10. The summed E-state index contributed by atoms with van der Waals surface area (Å²) in [6.07, 6.45) is 9.72. The average molecular weight is 263 g/mol. The van der Waals surface area contributed by atoms with Crippen LogP contribution in [-0.2, 0) is 6.42 Å².